The molecule has 0 amide bonds. The molecule has 0 atom stereocenters. The number of carboxylic acid groups (broad SMARTS) is 1. The van der Waals surface area contributed by atoms with Crippen LogP contribution in [0.3, 0.4) is 0 Å². The number of carboxylic acids is 1. The van der Waals surface area contributed by atoms with Gasteiger partial charge in [0.15, 0.2) is 4.34 Å². The third kappa shape index (κ3) is 4.28. The Kier molecular flexibility index (Phi) is 4.97. The summed E-state index contributed by atoms with van der Waals surface area (Å²) in [5, 5.41) is 24.5. The maximum atomic E-state index is 10.4. The predicted molar refractivity (Wildman–Crippen MR) is 74.8 cm³/mol. The van der Waals surface area contributed by atoms with Crippen LogP contribution in [0.2, 0.25) is 0 Å². The number of rotatable bonds is 7. The van der Waals surface area contributed by atoms with Gasteiger partial charge in [0.2, 0.25) is 5.13 Å². The lowest BCUT2D eigenvalue weighted by Gasteiger charge is -1.99. The Morgan fingerprint density at radius 1 is 1.50 bits per heavy atom. The molecular weight excluding hydrogens is 290 g/mol. The van der Waals surface area contributed by atoms with Crippen LogP contribution in [-0.4, -0.2) is 33.6 Å². The van der Waals surface area contributed by atoms with E-state index in [9.17, 15) is 4.79 Å². The summed E-state index contributed by atoms with van der Waals surface area (Å²) in [7, 11) is 0. The number of aliphatic carboxylic acids is 1. The molecule has 0 aromatic carbocycles. The first kappa shape index (κ1) is 13.3. The summed E-state index contributed by atoms with van der Waals surface area (Å²) in [5.41, 5.74) is 1.30. The fraction of sp³-hybridized carbons (Fsp3) is 0.300. The molecule has 0 saturated heterocycles. The third-order valence-corrected chi connectivity index (χ3v) is 4.73. The lowest BCUT2D eigenvalue weighted by atomic mass is 10.2. The Morgan fingerprint density at radius 3 is 3.11 bits per heavy atom. The fourth-order valence-electron chi connectivity index (χ4n) is 1.21. The summed E-state index contributed by atoms with van der Waals surface area (Å²) in [6, 6.07) is 2.10. The highest BCUT2D eigenvalue weighted by atomic mass is 32.2. The van der Waals surface area contributed by atoms with E-state index < -0.39 is 5.97 Å². The van der Waals surface area contributed by atoms with Crippen molar-refractivity contribution in [3.63, 3.8) is 0 Å². The SMILES string of the molecule is O=C(O)CSc1nnc(NCCc2ccsc2)s1. The molecule has 0 aliphatic carbocycles. The van der Waals surface area contributed by atoms with Crippen LogP contribution in [0.5, 0.6) is 0 Å². The van der Waals surface area contributed by atoms with E-state index in [-0.39, 0.29) is 5.75 Å². The molecule has 96 valence electrons. The highest BCUT2D eigenvalue weighted by Crippen LogP contribution is 2.25. The highest BCUT2D eigenvalue weighted by molar-refractivity contribution is 8.01. The van der Waals surface area contributed by atoms with Crippen molar-refractivity contribution in [1.29, 1.82) is 0 Å². The zero-order valence-corrected chi connectivity index (χ0v) is 11.8. The second kappa shape index (κ2) is 6.72. The molecule has 0 bridgehead atoms. The van der Waals surface area contributed by atoms with Crippen LogP contribution >= 0.6 is 34.4 Å². The Morgan fingerprint density at radius 2 is 2.39 bits per heavy atom. The Hall–Kier alpha value is -1.12. The summed E-state index contributed by atoms with van der Waals surface area (Å²) < 4.78 is 0.676. The molecule has 2 aromatic heterocycles. The van der Waals surface area contributed by atoms with Gasteiger partial charge in [0, 0.05) is 6.54 Å². The van der Waals surface area contributed by atoms with Gasteiger partial charge in [-0.3, -0.25) is 4.79 Å². The van der Waals surface area contributed by atoms with Crippen molar-refractivity contribution in [1.82, 2.24) is 10.2 Å². The van der Waals surface area contributed by atoms with Gasteiger partial charge in [-0.05, 0) is 28.8 Å². The van der Waals surface area contributed by atoms with Crippen LogP contribution in [0, 0.1) is 0 Å². The molecular formula is C10H11N3O2S3. The lowest BCUT2D eigenvalue weighted by Crippen LogP contribution is -2.03. The Balaban J connectivity index is 1.74. The van der Waals surface area contributed by atoms with Gasteiger partial charge in [-0.2, -0.15) is 11.3 Å². The van der Waals surface area contributed by atoms with Crippen LogP contribution in [0.15, 0.2) is 21.2 Å². The molecule has 2 rings (SSSR count). The topological polar surface area (TPSA) is 75.1 Å². The molecule has 2 heterocycles. The van der Waals surface area contributed by atoms with Gasteiger partial charge in [0.25, 0.3) is 0 Å². The summed E-state index contributed by atoms with van der Waals surface area (Å²) in [4.78, 5) is 10.4. The number of carbonyl (C=O) groups is 1. The van der Waals surface area contributed by atoms with E-state index in [4.69, 9.17) is 5.11 Å². The van der Waals surface area contributed by atoms with Gasteiger partial charge in [0.1, 0.15) is 0 Å². The maximum absolute atomic E-state index is 10.4. The molecule has 18 heavy (non-hydrogen) atoms. The standard InChI is InChI=1S/C10H11N3O2S3/c14-8(15)6-17-10-13-12-9(18-10)11-3-1-7-2-4-16-5-7/h2,4-5H,1,3,6H2,(H,11,12)(H,14,15). The van der Waals surface area contributed by atoms with E-state index in [1.165, 1.54) is 28.7 Å². The molecule has 0 saturated carbocycles. The van der Waals surface area contributed by atoms with Crippen molar-refractivity contribution >= 4 is 45.5 Å². The normalized spacial score (nSPS) is 10.4. The maximum Gasteiger partial charge on any atom is 0.313 e. The highest BCUT2D eigenvalue weighted by Gasteiger charge is 2.06. The largest absolute Gasteiger partial charge is 0.481 e. The molecule has 0 aliphatic rings. The number of nitrogens with one attached hydrogen (secondary N) is 1. The van der Waals surface area contributed by atoms with Gasteiger partial charge in [0.05, 0.1) is 5.75 Å². The monoisotopic (exact) mass is 301 g/mol. The van der Waals surface area contributed by atoms with Crippen molar-refractivity contribution in [2.24, 2.45) is 0 Å². The second-order valence-electron chi connectivity index (χ2n) is 3.36. The zero-order valence-electron chi connectivity index (χ0n) is 9.33. The summed E-state index contributed by atoms with van der Waals surface area (Å²) >= 11 is 4.26. The van der Waals surface area contributed by atoms with E-state index in [0.29, 0.717) is 4.34 Å². The first-order valence-electron chi connectivity index (χ1n) is 5.17. The van der Waals surface area contributed by atoms with Crippen molar-refractivity contribution in [3.05, 3.63) is 22.4 Å². The summed E-state index contributed by atoms with van der Waals surface area (Å²) in [5.74, 6) is -0.828. The molecule has 5 nitrogen and oxygen atoms in total. The van der Waals surface area contributed by atoms with E-state index in [1.807, 2.05) is 0 Å². The molecule has 2 N–H and O–H groups in total. The van der Waals surface area contributed by atoms with Gasteiger partial charge in [-0.25, -0.2) is 0 Å². The minimum absolute atomic E-state index is 0.0174. The summed E-state index contributed by atoms with van der Waals surface area (Å²) in [6.45, 7) is 0.801. The van der Waals surface area contributed by atoms with E-state index in [0.717, 1.165) is 18.1 Å². The number of thiophene rings is 1. The van der Waals surface area contributed by atoms with Crippen molar-refractivity contribution < 1.29 is 9.90 Å². The first-order valence-corrected chi connectivity index (χ1v) is 7.91. The first-order chi connectivity index (χ1) is 8.74. The van der Waals surface area contributed by atoms with Crippen LogP contribution in [0.1, 0.15) is 5.56 Å². The van der Waals surface area contributed by atoms with Crippen LogP contribution in [0.25, 0.3) is 0 Å². The molecule has 0 aliphatic heterocycles. The van der Waals surface area contributed by atoms with Crippen LogP contribution in [0.4, 0.5) is 5.13 Å². The molecule has 8 heteroatoms. The van der Waals surface area contributed by atoms with Gasteiger partial charge < -0.3 is 10.4 Å². The van der Waals surface area contributed by atoms with E-state index >= 15 is 0 Å². The van der Waals surface area contributed by atoms with Gasteiger partial charge in [-0.15, -0.1) is 10.2 Å². The zero-order chi connectivity index (χ0) is 12.8. The third-order valence-electron chi connectivity index (χ3n) is 2.00. The van der Waals surface area contributed by atoms with Crippen molar-refractivity contribution in [2.45, 2.75) is 10.8 Å². The van der Waals surface area contributed by atoms with Gasteiger partial charge >= 0.3 is 5.97 Å². The molecule has 0 fully saturated rings. The van der Waals surface area contributed by atoms with E-state index in [2.05, 4.69) is 32.3 Å². The number of anilines is 1. The smallest absolute Gasteiger partial charge is 0.313 e. The minimum atomic E-state index is -0.845. The second-order valence-corrected chi connectivity index (χ2v) is 6.34. The number of hydrogen-bond donors (Lipinski definition) is 2. The average Bonchev–Trinajstić information content (AvgIpc) is 2.97. The molecule has 2 aromatic rings. The molecule has 0 unspecified atom stereocenters. The van der Waals surface area contributed by atoms with Crippen molar-refractivity contribution in [3.8, 4) is 0 Å². The number of nitrogens with zero attached hydrogens (tertiary/aromatic N) is 2. The Labute approximate surface area is 116 Å². The number of thioether (sulfide) groups is 1. The lowest BCUT2D eigenvalue weighted by molar-refractivity contribution is -0.133. The van der Waals surface area contributed by atoms with Crippen molar-refractivity contribution in [2.75, 3.05) is 17.6 Å². The minimum Gasteiger partial charge on any atom is -0.481 e. The fourth-order valence-corrected chi connectivity index (χ4v) is 3.41. The Bertz CT molecular complexity index is 498. The predicted octanol–water partition coefficient (Wildman–Crippen LogP) is 2.43. The van der Waals surface area contributed by atoms with E-state index in [1.54, 1.807) is 11.3 Å². The van der Waals surface area contributed by atoms with Gasteiger partial charge in [-0.1, -0.05) is 23.1 Å². The summed E-state index contributed by atoms with van der Waals surface area (Å²) in [6.07, 6.45) is 0.945. The average molecular weight is 301 g/mol. The molecule has 0 radical (unpaired) electrons. The quantitative estimate of drug-likeness (QED) is 0.765. The number of aromatic nitrogens is 2. The molecule has 0 spiro atoms. The van der Waals surface area contributed by atoms with Crippen LogP contribution < -0.4 is 5.32 Å². The number of hydrogen-bond acceptors (Lipinski definition) is 7. The van der Waals surface area contributed by atoms with Crippen LogP contribution in [-0.2, 0) is 11.2 Å².